The van der Waals surface area contributed by atoms with Crippen LogP contribution in [0, 0.1) is 5.41 Å². The zero-order valence-electron chi connectivity index (χ0n) is 10.7. The Bertz CT molecular complexity index is 354. The molecule has 2 aliphatic rings. The fourth-order valence-corrected chi connectivity index (χ4v) is 3.27. The first-order valence-electron chi connectivity index (χ1n) is 5.99. The SMILES string of the molecule is C=C(C)C1C=C2C(C)(C)CC(O)CC2(C)O1. The molecule has 1 saturated carbocycles. The molecule has 3 unspecified atom stereocenters. The minimum absolute atomic E-state index is 0.0181. The van der Waals surface area contributed by atoms with Crippen molar-refractivity contribution in [2.45, 2.75) is 58.3 Å². The summed E-state index contributed by atoms with van der Waals surface area (Å²) in [5.74, 6) is 0. The second-order valence-corrected chi connectivity index (χ2v) is 6.14. The smallest absolute Gasteiger partial charge is 0.0977 e. The van der Waals surface area contributed by atoms with E-state index in [0.717, 1.165) is 12.0 Å². The highest BCUT2D eigenvalue weighted by Crippen LogP contribution is 2.51. The molecule has 0 amide bonds. The Morgan fingerprint density at radius 3 is 2.62 bits per heavy atom. The maximum absolute atomic E-state index is 9.95. The van der Waals surface area contributed by atoms with Crippen molar-refractivity contribution in [2.24, 2.45) is 5.41 Å². The van der Waals surface area contributed by atoms with Crippen LogP contribution < -0.4 is 0 Å². The Morgan fingerprint density at radius 1 is 1.44 bits per heavy atom. The first-order valence-corrected chi connectivity index (χ1v) is 5.99. The van der Waals surface area contributed by atoms with Gasteiger partial charge in [-0.15, -0.1) is 0 Å². The summed E-state index contributed by atoms with van der Waals surface area (Å²) in [6.45, 7) is 12.4. The van der Waals surface area contributed by atoms with Crippen LogP contribution in [-0.2, 0) is 4.74 Å². The number of fused-ring (bicyclic) bond motifs is 1. The second-order valence-electron chi connectivity index (χ2n) is 6.14. The summed E-state index contributed by atoms with van der Waals surface area (Å²) >= 11 is 0. The van der Waals surface area contributed by atoms with E-state index in [1.165, 1.54) is 5.57 Å². The summed E-state index contributed by atoms with van der Waals surface area (Å²) < 4.78 is 6.07. The highest BCUT2D eigenvalue weighted by atomic mass is 16.5. The number of hydrogen-bond acceptors (Lipinski definition) is 2. The lowest BCUT2D eigenvalue weighted by atomic mass is 9.65. The standard InChI is InChI=1S/C14H22O2/c1-9(2)11-6-12-13(3,4)7-10(15)8-14(12,5)16-11/h6,10-11,15H,1,7-8H2,2-5H3. The van der Waals surface area contributed by atoms with Gasteiger partial charge in [-0.25, -0.2) is 0 Å². The molecule has 0 bridgehead atoms. The van der Waals surface area contributed by atoms with Gasteiger partial charge in [-0.1, -0.05) is 20.4 Å². The quantitative estimate of drug-likeness (QED) is 0.691. The van der Waals surface area contributed by atoms with Gasteiger partial charge in [0.1, 0.15) is 0 Å². The molecule has 1 heterocycles. The minimum atomic E-state index is -0.301. The van der Waals surface area contributed by atoms with E-state index in [4.69, 9.17) is 4.74 Å². The first kappa shape index (κ1) is 11.9. The van der Waals surface area contributed by atoms with Gasteiger partial charge in [-0.05, 0) is 42.9 Å². The van der Waals surface area contributed by atoms with Gasteiger partial charge in [0.05, 0.1) is 17.8 Å². The Labute approximate surface area is 98.0 Å². The maximum atomic E-state index is 9.95. The predicted molar refractivity (Wildman–Crippen MR) is 65.2 cm³/mol. The molecule has 1 N–H and O–H groups in total. The summed E-state index contributed by atoms with van der Waals surface area (Å²) in [5.41, 5.74) is 2.09. The Kier molecular flexibility index (Phi) is 2.56. The van der Waals surface area contributed by atoms with Crippen LogP contribution >= 0.6 is 0 Å². The molecular formula is C14H22O2. The molecule has 0 aromatic carbocycles. The molecule has 2 rings (SSSR count). The van der Waals surface area contributed by atoms with E-state index in [1.54, 1.807) is 0 Å². The lowest BCUT2D eigenvalue weighted by molar-refractivity contribution is -0.0682. The van der Waals surface area contributed by atoms with E-state index < -0.39 is 0 Å². The van der Waals surface area contributed by atoms with Crippen LogP contribution in [0.1, 0.15) is 40.5 Å². The molecule has 0 aromatic rings. The van der Waals surface area contributed by atoms with Crippen LogP contribution in [0.2, 0.25) is 0 Å². The Hall–Kier alpha value is -0.600. The molecular weight excluding hydrogens is 200 g/mol. The number of hydrogen-bond donors (Lipinski definition) is 1. The van der Waals surface area contributed by atoms with E-state index >= 15 is 0 Å². The van der Waals surface area contributed by atoms with Crippen molar-refractivity contribution in [2.75, 3.05) is 0 Å². The molecule has 90 valence electrons. The largest absolute Gasteiger partial charge is 0.393 e. The third-order valence-electron chi connectivity index (χ3n) is 3.86. The molecule has 1 aliphatic heterocycles. The van der Waals surface area contributed by atoms with Crippen molar-refractivity contribution in [1.82, 2.24) is 0 Å². The summed E-state index contributed by atoms with van der Waals surface area (Å²) in [5, 5.41) is 9.95. The van der Waals surface area contributed by atoms with E-state index in [9.17, 15) is 5.11 Å². The van der Waals surface area contributed by atoms with Crippen molar-refractivity contribution in [3.63, 3.8) is 0 Å². The monoisotopic (exact) mass is 222 g/mol. The third kappa shape index (κ3) is 1.74. The highest BCUT2D eigenvalue weighted by molar-refractivity contribution is 5.35. The van der Waals surface area contributed by atoms with Crippen molar-refractivity contribution >= 4 is 0 Å². The normalized spacial score (nSPS) is 41.4. The Morgan fingerprint density at radius 2 is 2.06 bits per heavy atom. The van der Waals surface area contributed by atoms with Crippen molar-refractivity contribution in [1.29, 1.82) is 0 Å². The van der Waals surface area contributed by atoms with Crippen LogP contribution in [0.15, 0.2) is 23.8 Å². The zero-order valence-corrected chi connectivity index (χ0v) is 10.7. The molecule has 2 heteroatoms. The second kappa shape index (κ2) is 3.44. The molecule has 2 nitrogen and oxygen atoms in total. The van der Waals surface area contributed by atoms with Crippen LogP contribution in [-0.4, -0.2) is 22.9 Å². The van der Waals surface area contributed by atoms with Crippen LogP contribution in [0.5, 0.6) is 0 Å². The molecule has 1 aliphatic carbocycles. The summed E-state index contributed by atoms with van der Waals surface area (Å²) in [6.07, 6.45) is 3.48. The average molecular weight is 222 g/mol. The number of aliphatic hydroxyl groups excluding tert-OH is 1. The van der Waals surface area contributed by atoms with Gasteiger partial charge in [0.15, 0.2) is 0 Å². The summed E-state index contributed by atoms with van der Waals surface area (Å²) in [4.78, 5) is 0. The molecule has 0 saturated heterocycles. The fourth-order valence-electron chi connectivity index (χ4n) is 3.27. The van der Waals surface area contributed by atoms with Crippen molar-refractivity contribution in [3.8, 4) is 0 Å². The van der Waals surface area contributed by atoms with Gasteiger partial charge in [0.2, 0.25) is 0 Å². The minimum Gasteiger partial charge on any atom is -0.393 e. The van der Waals surface area contributed by atoms with E-state index in [-0.39, 0.29) is 23.2 Å². The van der Waals surface area contributed by atoms with Crippen LogP contribution in [0.4, 0.5) is 0 Å². The zero-order chi connectivity index (χ0) is 12.1. The topological polar surface area (TPSA) is 29.5 Å². The highest BCUT2D eigenvalue weighted by Gasteiger charge is 2.50. The average Bonchev–Trinajstić information content (AvgIpc) is 2.41. The van der Waals surface area contributed by atoms with Gasteiger partial charge < -0.3 is 9.84 Å². The first-order chi connectivity index (χ1) is 7.24. The summed E-state index contributed by atoms with van der Waals surface area (Å²) in [7, 11) is 0. The van der Waals surface area contributed by atoms with Gasteiger partial charge in [0.25, 0.3) is 0 Å². The molecule has 0 spiro atoms. The summed E-state index contributed by atoms with van der Waals surface area (Å²) in [6, 6.07) is 0. The van der Waals surface area contributed by atoms with E-state index in [1.807, 2.05) is 6.92 Å². The fraction of sp³-hybridized carbons (Fsp3) is 0.714. The number of rotatable bonds is 1. The predicted octanol–water partition coefficient (Wildman–Crippen LogP) is 2.83. The van der Waals surface area contributed by atoms with Crippen molar-refractivity contribution in [3.05, 3.63) is 23.8 Å². The lowest BCUT2D eigenvalue weighted by Gasteiger charge is -2.44. The molecule has 16 heavy (non-hydrogen) atoms. The number of ether oxygens (including phenoxy) is 1. The maximum Gasteiger partial charge on any atom is 0.0977 e. The van der Waals surface area contributed by atoms with Crippen LogP contribution in [0.3, 0.4) is 0 Å². The van der Waals surface area contributed by atoms with Gasteiger partial charge in [0, 0.05) is 6.42 Å². The lowest BCUT2D eigenvalue weighted by Crippen LogP contribution is -2.45. The molecule has 3 atom stereocenters. The van der Waals surface area contributed by atoms with Crippen LogP contribution in [0.25, 0.3) is 0 Å². The van der Waals surface area contributed by atoms with E-state index in [2.05, 4.69) is 33.4 Å². The Balaban J connectivity index is 2.38. The number of aliphatic hydroxyl groups is 1. The van der Waals surface area contributed by atoms with Gasteiger partial charge in [-0.3, -0.25) is 0 Å². The molecule has 0 aromatic heterocycles. The van der Waals surface area contributed by atoms with Gasteiger partial charge in [-0.2, -0.15) is 0 Å². The van der Waals surface area contributed by atoms with Gasteiger partial charge >= 0.3 is 0 Å². The third-order valence-corrected chi connectivity index (χ3v) is 3.86. The van der Waals surface area contributed by atoms with E-state index in [0.29, 0.717) is 6.42 Å². The molecule has 0 radical (unpaired) electrons. The molecule has 1 fully saturated rings. The van der Waals surface area contributed by atoms with Crippen molar-refractivity contribution < 1.29 is 9.84 Å².